The standard InChI is InChI=1S/C11H12N2O/c1-2-11-9(4-6-14-11)7-8(1)10-3-5-12-13-10/h1-2,5,7,10,13H,3-4,6H2. The van der Waals surface area contributed by atoms with Gasteiger partial charge in [0, 0.05) is 19.1 Å². The highest BCUT2D eigenvalue weighted by Crippen LogP contribution is 2.29. The molecule has 14 heavy (non-hydrogen) atoms. The van der Waals surface area contributed by atoms with Gasteiger partial charge >= 0.3 is 0 Å². The van der Waals surface area contributed by atoms with Crippen LogP contribution < -0.4 is 10.2 Å². The fourth-order valence-electron chi connectivity index (χ4n) is 1.99. The van der Waals surface area contributed by atoms with Crippen molar-refractivity contribution in [3.05, 3.63) is 29.3 Å². The van der Waals surface area contributed by atoms with E-state index in [0.29, 0.717) is 6.04 Å². The Labute approximate surface area is 82.8 Å². The number of hydrogen-bond donors (Lipinski definition) is 1. The van der Waals surface area contributed by atoms with Gasteiger partial charge in [0.15, 0.2) is 0 Å². The molecule has 0 saturated heterocycles. The summed E-state index contributed by atoms with van der Waals surface area (Å²) in [6.45, 7) is 0.827. The Morgan fingerprint density at radius 1 is 1.43 bits per heavy atom. The molecule has 0 aromatic heterocycles. The molecule has 0 amide bonds. The largest absolute Gasteiger partial charge is 0.493 e. The molecule has 0 saturated carbocycles. The highest BCUT2D eigenvalue weighted by molar-refractivity contribution is 5.60. The maximum absolute atomic E-state index is 5.46. The minimum absolute atomic E-state index is 0.362. The molecular formula is C11H12N2O. The highest BCUT2D eigenvalue weighted by atomic mass is 16.5. The van der Waals surface area contributed by atoms with E-state index in [-0.39, 0.29) is 0 Å². The average molecular weight is 188 g/mol. The molecule has 0 spiro atoms. The van der Waals surface area contributed by atoms with E-state index in [2.05, 4.69) is 28.7 Å². The van der Waals surface area contributed by atoms with Crippen molar-refractivity contribution in [3.63, 3.8) is 0 Å². The summed E-state index contributed by atoms with van der Waals surface area (Å²) >= 11 is 0. The lowest BCUT2D eigenvalue weighted by Gasteiger charge is -2.10. The summed E-state index contributed by atoms with van der Waals surface area (Å²) in [6.07, 6.45) is 3.95. The molecule has 0 aliphatic carbocycles. The quantitative estimate of drug-likeness (QED) is 0.727. The molecule has 72 valence electrons. The molecule has 0 bridgehead atoms. The van der Waals surface area contributed by atoms with Gasteiger partial charge in [-0.3, -0.25) is 0 Å². The summed E-state index contributed by atoms with van der Waals surface area (Å²) in [5.41, 5.74) is 5.73. The third-order valence-electron chi connectivity index (χ3n) is 2.78. The number of nitrogens with zero attached hydrogens (tertiary/aromatic N) is 1. The van der Waals surface area contributed by atoms with Crippen LogP contribution >= 0.6 is 0 Å². The number of ether oxygens (including phenoxy) is 1. The summed E-state index contributed by atoms with van der Waals surface area (Å²) in [5.74, 6) is 1.05. The Morgan fingerprint density at radius 2 is 2.43 bits per heavy atom. The van der Waals surface area contributed by atoms with Crippen LogP contribution in [-0.2, 0) is 6.42 Å². The molecule has 2 heterocycles. The number of nitrogens with one attached hydrogen (secondary N) is 1. The highest BCUT2D eigenvalue weighted by Gasteiger charge is 2.17. The minimum atomic E-state index is 0.362. The summed E-state index contributed by atoms with van der Waals surface area (Å²) in [6, 6.07) is 6.78. The maximum Gasteiger partial charge on any atom is 0.122 e. The topological polar surface area (TPSA) is 33.6 Å². The molecular weight excluding hydrogens is 176 g/mol. The fraction of sp³-hybridized carbons (Fsp3) is 0.364. The van der Waals surface area contributed by atoms with Crippen molar-refractivity contribution in [1.82, 2.24) is 5.43 Å². The Hall–Kier alpha value is -1.51. The van der Waals surface area contributed by atoms with Gasteiger partial charge in [0.2, 0.25) is 0 Å². The van der Waals surface area contributed by atoms with Gasteiger partial charge < -0.3 is 10.2 Å². The summed E-state index contributed by atoms with van der Waals surface area (Å²) in [4.78, 5) is 0. The number of benzene rings is 1. The van der Waals surface area contributed by atoms with Gasteiger partial charge in [-0.05, 0) is 23.3 Å². The molecule has 1 atom stereocenters. The van der Waals surface area contributed by atoms with E-state index in [1.165, 1.54) is 11.1 Å². The van der Waals surface area contributed by atoms with Gasteiger partial charge in [-0.1, -0.05) is 6.07 Å². The SMILES string of the molecule is C1=NNC(c2ccc3c(c2)CCO3)C1. The Balaban J connectivity index is 1.92. The van der Waals surface area contributed by atoms with Crippen LogP contribution in [0.15, 0.2) is 23.3 Å². The zero-order chi connectivity index (χ0) is 9.38. The van der Waals surface area contributed by atoms with Crippen molar-refractivity contribution in [1.29, 1.82) is 0 Å². The third-order valence-corrected chi connectivity index (χ3v) is 2.78. The normalized spacial score (nSPS) is 23.0. The first-order valence-electron chi connectivity index (χ1n) is 4.96. The molecule has 3 heteroatoms. The van der Waals surface area contributed by atoms with Gasteiger partial charge in [-0.2, -0.15) is 5.10 Å². The van der Waals surface area contributed by atoms with Crippen LogP contribution in [0.4, 0.5) is 0 Å². The van der Waals surface area contributed by atoms with Gasteiger partial charge in [0.25, 0.3) is 0 Å². The molecule has 1 N–H and O–H groups in total. The van der Waals surface area contributed by atoms with Gasteiger partial charge in [0.1, 0.15) is 5.75 Å². The average Bonchev–Trinajstić information content (AvgIpc) is 2.88. The Bertz CT molecular complexity index is 379. The summed E-state index contributed by atoms with van der Waals surface area (Å²) in [5, 5.41) is 4.03. The first-order chi connectivity index (χ1) is 6.93. The van der Waals surface area contributed by atoms with Crippen molar-refractivity contribution < 1.29 is 4.74 Å². The Morgan fingerprint density at radius 3 is 3.29 bits per heavy atom. The van der Waals surface area contributed by atoms with E-state index in [4.69, 9.17) is 4.74 Å². The fourth-order valence-corrected chi connectivity index (χ4v) is 1.99. The molecule has 0 fully saturated rings. The van der Waals surface area contributed by atoms with Crippen LogP contribution in [0, 0.1) is 0 Å². The predicted molar refractivity (Wildman–Crippen MR) is 54.6 cm³/mol. The predicted octanol–water partition coefficient (Wildman–Crippen LogP) is 1.64. The minimum Gasteiger partial charge on any atom is -0.493 e. The van der Waals surface area contributed by atoms with E-state index in [9.17, 15) is 0 Å². The second kappa shape index (κ2) is 3.01. The lowest BCUT2D eigenvalue weighted by Crippen LogP contribution is -2.09. The molecule has 1 aromatic rings. The number of rotatable bonds is 1. The van der Waals surface area contributed by atoms with Gasteiger partial charge in [-0.15, -0.1) is 0 Å². The second-order valence-corrected chi connectivity index (χ2v) is 3.69. The van der Waals surface area contributed by atoms with E-state index in [1.807, 2.05) is 6.21 Å². The lowest BCUT2D eigenvalue weighted by molar-refractivity contribution is 0.356. The molecule has 0 radical (unpaired) electrons. The van der Waals surface area contributed by atoms with E-state index in [0.717, 1.165) is 25.2 Å². The summed E-state index contributed by atoms with van der Waals surface area (Å²) in [7, 11) is 0. The van der Waals surface area contributed by atoms with Crippen LogP contribution in [0.2, 0.25) is 0 Å². The first kappa shape index (κ1) is 7.85. The molecule has 1 aromatic carbocycles. The zero-order valence-corrected chi connectivity index (χ0v) is 7.86. The lowest BCUT2D eigenvalue weighted by atomic mass is 10.0. The van der Waals surface area contributed by atoms with Crippen LogP contribution in [-0.4, -0.2) is 12.8 Å². The van der Waals surface area contributed by atoms with Crippen LogP contribution in [0.3, 0.4) is 0 Å². The smallest absolute Gasteiger partial charge is 0.122 e. The van der Waals surface area contributed by atoms with Crippen molar-refractivity contribution in [2.45, 2.75) is 18.9 Å². The van der Waals surface area contributed by atoms with E-state index in [1.54, 1.807) is 0 Å². The number of fused-ring (bicyclic) bond motifs is 1. The van der Waals surface area contributed by atoms with E-state index < -0.39 is 0 Å². The summed E-state index contributed by atoms with van der Waals surface area (Å²) < 4.78 is 5.46. The number of hydrogen-bond acceptors (Lipinski definition) is 3. The van der Waals surface area contributed by atoms with Gasteiger partial charge in [0.05, 0.1) is 12.6 Å². The first-order valence-corrected chi connectivity index (χ1v) is 4.96. The second-order valence-electron chi connectivity index (χ2n) is 3.69. The van der Waals surface area contributed by atoms with Crippen molar-refractivity contribution in [2.24, 2.45) is 5.10 Å². The van der Waals surface area contributed by atoms with Crippen molar-refractivity contribution in [3.8, 4) is 5.75 Å². The van der Waals surface area contributed by atoms with Crippen molar-refractivity contribution >= 4 is 6.21 Å². The molecule has 2 aliphatic heterocycles. The molecule has 3 rings (SSSR count). The van der Waals surface area contributed by atoms with E-state index >= 15 is 0 Å². The number of hydrazone groups is 1. The Kier molecular flexibility index (Phi) is 1.69. The van der Waals surface area contributed by atoms with Gasteiger partial charge in [-0.25, -0.2) is 0 Å². The molecule has 2 aliphatic rings. The monoisotopic (exact) mass is 188 g/mol. The maximum atomic E-state index is 5.46. The van der Waals surface area contributed by atoms with Crippen LogP contribution in [0.25, 0.3) is 0 Å². The third kappa shape index (κ3) is 1.16. The molecule has 1 unspecified atom stereocenters. The molecule has 3 nitrogen and oxygen atoms in total. The zero-order valence-electron chi connectivity index (χ0n) is 7.86. The van der Waals surface area contributed by atoms with Crippen molar-refractivity contribution in [2.75, 3.05) is 6.61 Å². The van der Waals surface area contributed by atoms with Crippen LogP contribution in [0.5, 0.6) is 5.75 Å². The van der Waals surface area contributed by atoms with Crippen LogP contribution in [0.1, 0.15) is 23.6 Å².